The van der Waals surface area contributed by atoms with Gasteiger partial charge in [0.15, 0.2) is 0 Å². The third-order valence-electron chi connectivity index (χ3n) is 4.18. The van der Waals surface area contributed by atoms with Crippen molar-refractivity contribution in [2.45, 2.75) is 64.6 Å². The Morgan fingerprint density at radius 1 is 1.24 bits per heavy atom. The van der Waals surface area contributed by atoms with Crippen LogP contribution in [0.15, 0.2) is 24.7 Å². The van der Waals surface area contributed by atoms with E-state index >= 15 is 0 Å². The first-order valence-corrected chi connectivity index (χ1v) is 8.09. The SMILES string of the molecule is Cc1cn(CCCn2cccn2)c(NC2CCCCC2)n1. The second kappa shape index (κ2) is 6.78. The van der Waals surface area contributed by atoms with E-state index in [0.29, 0.717) is 6.04 Å². The second-order valence-electron chi connectivity index (χ2n) is 6.00. The largest absolute Gasteiger partial charge is 0.353 e. The molecule has 5 heteroatoms. The number of rotatable bonds is 6. The summed E-state index contributed by atoms with van der Waals surface area (Å²) in [7, 11) is 0. The molecular weight excluding hydrogens is 262 g/mol. The minimum absolute atomic E-state index is 0.602. The summed E-state index contributed by atoms with van der Waals surface area (Å²) in [6.07, 6.45) is 13.7. The summed E-state index contributed by atoms with van der Waals surface area (Å²) >= 11 is 0. The zero-order valence-corrected chi connectivity index (χ0v) is 12.8. The Morgan fingerprint density at radius 3 is 2.86 bits per heavy atom. The van der Waals surface area contributed by atoms with Gasteiger partial charge in [-0.05, 0) is 32.3 Å². The molecular formula is C16H25N5. The summed E-state index contributed by atoms with van der Waals surface area (Å²) in [5.74, 6) is 1.04. The molecule has 0 aliphatic heterocycles. The molecule has 0 spiro atoms. The Labute approximate surface area is 126 Å². The lowest BCUT2D eigenvalue weighted by molar-refractivity contribution is 0.457. The Hall–Kier alpha value is -1.78. The second-order valence-corrected chi connectivity index (χ2v) is 6.00. The Bertz CT molecular complexity index is 537. The number of nitrogens with zero attached hydrogens (tertiary/aromatic N) is 4. The summed E-state index contributed by atoms with van der Waals surface area (Å²) in [5, 5.41) is 7.89. The van der Waals surface area contributed by atoms with Crippen LogP contribution in [-0.4, -0.2) is 25.4 Å². The zero-order valence-electron chi connectivity index (χ0n) is 12.8. The normalized spacial score (nSPS) is 16.2. The molecule has 0 amide bonds. The van der Waals surface area contributed by atoms with E-state index in [0.717, 1.165) is 31.2 Å². The van der Waals surface area contributed by atoms with Crippen molar-refractivity contribution in [2.24, 2.45) is 0 Å². The molecule has 1 fully saturated rings. The molecule has 2 aromatic rings. The number of hydrogen-bond acceptors (Lipinski definition) is 3. The van der Waals surface area contributed by atoms with Crippen molar-refractivity contribution in [1.29, 1.82) is 0 Å². The number of anilines is 1. The summed E-state index contributed by atoms with van der Waals surface area (Å²) < 4.78 is 4.24. The highest BCUT2D eigenvalue weighted by atomic mass is 15.3. The van der Waals surface area contributed by atoms with E-state index in [1.54, 1.807) is 0 Å². The lowest BCUT2D eigenvalue weighted by atomic mass is 9.96. The van der Waals surface area contributed by atoms with Gasteiger partial charge in [-0.2, -0.15) is 5.10 Å². The molecule has 21 heavy (non-hydrogen) atoms. The van der Waals surface area contributed by atoms with E-state index in [1.807, 2.05) is 23.1 Å². The first-order valence-electron chi connectivity index (χ1n) is 8.09. The van der Waals surface area contributed by atoms with Crippen LogP contribution in [0.2, 0.25) is 0 Å². The molecule has 5 nitrogen and oxygen atoms in total. The van der Waals surface area contributed by atoms with Crippen LogP contribution in [-0.2, 0) is 13.1 Å². The summed E-state index contributed by atoms with van der Waals surface area (Å²) in [6.45, 7) is 4.00. The van der Waals surface area contributed by atoms with Crippen LogP contribution in [0.3, 0.4) is 0 Å². The highest BCUT2D eigenvalue weighted by molar-refractivity contribution is 5.30. The fourth-order valence-electron chi connectivity index (χ4n) is 3.10. The van der Waals surface area contributed by atoms with E-state index in [2.05, 4.69) is 33.1 Å². The highest BCUT2D eigenvalue weighted by Crippen LogP contribution is 2.21. The molecule has 114 valence electrons. The molecule has 1 aliphatic carbocycles. The van der Waals surface area contributed by atoms with Crippen molar-refractivity contribution in [3.05, 3.63) is 30.4 Å². The van der Waals surface area contributed by atoms with Crippen molar-refractivity contribution in [3.63, 3.8) is 0 Å². The zero-order chi connectivity index (χ0) is 14.5. The standard InChI is InChI=1S/C16H25N5/c1-14-13-20(10-6-12-21-11-5-9-17-21)16(18-14)19-15-7-3-2-4-8-15/h5,9,11,13,15H,2-4,6-8,10,12H2,1H3,(H,18,19). The first kappa shape index (κ1) is 14.2. The van der Waals surface area contributed by atoms with Crippen molar-refractivity contribution >= 4 is 5.95 Å². The molecule has 2 aromatic heterocycles. The van der Waals surface area contributed by atoms with Crippen LogP contribution in [0, 0.1) is 6.92 Å². The van der Waals surface area contributed by atoms with Gasteiger partial charge >= 0.3 is 0 Å². The molecule has 0 radical (unpaired) electrons. The summed E-state index contributed by atoms with van der Waals surface area (Å²) in [4.78, 5) is 4.65. The predicted octanol–water partition coefficient (Wildman–Crippen LogP) is 3.22. The molecule has 2 heterocycles. The van der Waals surface area contributed by atoms with E-state index in [4.69, 9.17) is 0 Å². The fraction of sp³-hybridized carbons (Fsp3) is 0.625. The van der Waals surface area contributed by atoms with Crippen molar-refractivity contribution in [3.8, 4) is 0 Å². The van der Waals surface area contributed by atoms with Gasteiger partial charge in [0, 0.05) is 37.7 Å². The summed E-state index contributed by atoms with van der Waals surface area (Å²) in [5.41, 5.74) is 1.09. The number of hydrogen-bond donors (Lipinski definition) is 1. The van der Waals surface area contributed by atoms with Gasteiger partial charge in [-0.25, -0.2) is 4.98 Å². The van der Waals surface area contributed by atoms with Gasteiger partial charge < -0.3 is 9.88 Å². The average molecular weight is 287 g/mol. The third-order valence-corrected chi connectivity index (χ3v) is 4.18. The van der Waals surface area contributed by atoms with Gasteiger partial charge in [-0.15, -0.1) is 0 Å². The van der Waals surface area contributed by atoms with Crippen molar-refractivity contribution in [2.75, 3.05) is 5.32 Å². The van der Waals surface area contributed by atoms with E-state index in [9.17, 15) is 0 Å². The van der Waals surface area contributed by atoms with Crippen molar-refractivity contribution < 1.29 is 0 Å². The molecule has 0 saturated heterocycles. The van der Waals surface area contributed by atoms with Gasteiger partial charge in [-0.1, -0.05) is 19.3 Å². The van der Waals surface area contributed by atoms with Gasteiger partial charge in [0.25, 0.3) is 0 Å². The summed E-state index contributed by atoms with van der Waals surface area (Å²) in [6, 6.07) is 2.57. The molecule has 0 bridgehead atoms. The topological polar surface area (TPSA) is 47.7 Å². The number of imidazole rings is 1. The lowest BCUT2D eigenvalue weighted by Gasteiger charge is -2.23. The quantitative estimate of drug-likeness (QED) is 0.887. The predicted molar refractivity (Wildman–Crippen MR) is 84.3 cm³/mol. The van der Waals surface area contributed by atoms with Gasteiger partial charge in [-0.3, -0.25) is 4.68 Å². The van der Waals surface area contributed by atoms with Crippen molar-refractivity contribution in [1.82, 2.24) is 19.3 Å². The minimum Gasteiger partial charge on any atom is -0.353 e. The van der Waals surface area contributed by atoms with Crippen LogP contribution >= 0.6 is 0 Å². The Morgan fingerprint density at radius 2 is 2.10 bits per heavy atom. The molecule has 1 aliphatic rings. The Balaban J connectivity index is 1.56. The van der Waals surface area contributed by atoms with Crippen LogP contribution in [0.1, 0.15) is 44.2 Å². The highest BCUT2D eigenvalue weighted by Gasteiger charge is 2.15. The van der Waals surface area contributed by atoms with Crippen LogP contribution < -0.4 is 5.32 Å². The average Bonchev–Trinajstić information content (AvgIpc) is 3.11. The maximum absolute atomic E-state index is 4.65. The minimum atomic E-state index is 0.602. The van der Waals surface area contributed by atoms with E-state index in [-0.39, 0.29) is 0 Å². The number of nitrogens with one attached hydrogen (secondary N) is 1. The molecule has 0 atom stereocenters. The van der Waals surface area contributed by atoms with E-state index in [1.165, 1.54) is 32.1 Å². The molecule has 1 saturated carbocycles. The van der Waals surface area contributed by atoms with Gasteiger partial charge in [0.05, 0.1) is 5.69 Å². The number of aromatic nitrogens is 4. The smallest absolute Gasteiger partial charge is 0.203 e. The van der Waals surface area contributed by atoms with E-state index < -0.39 is 0 Å². The maximum atomic E-state index is 4.65. The van der Waals surface area contributed by atoms with Crippen LogP contribution in [0.5, 0.6) is 0 Å². The third kappa shape index (κ3) is 3.86. The molecule has 0 aromatic carbocycles. The van der Waals surface area contributed by atoms with Crippen LogP contribution in [0.25, 0.3) is 0 Å². The fourth-order valence-corrected chi connectivity index (χ4v) is 3.10. The molecule has 1 N–H and O–H groups in total. The monoisotopic (exact) mass is 287 g/mol. The van der Waals surface area contributed by atoms with Crippen LogP contribution in [0.4, 0.5) is 5.95 Å². The van der Waals surface area contributed by atoms with Gasteiger partial charge in [0.2, 0.25) is 5.95 Å². The lowest BCUT2D eigenvalue weighted by Crippen LogP contribution is -2.24. The first-order chi connectivity index (χ1) is 10.3. The Kier molecular flexibility index (Phi) is 4.58. The molecule has 3 rings (SSSR count). The maximum Gasteiger partial charge on any atom is 0.203 e. The molecule has 0 unspecified atom stereocenters. The van der Waals surface area contributed by atoms with Gasteiger partial charge in [0.1, 0.15) is 0 Å². The number of aryl methyl sites for hydroxylation is 3.